The maximum Gasteiger partial charge on any atom is 0.105 e. The highest BCUT2D eigenvalue weighted by atomic mass is 32.2. The van der Waals surface area contributed by atoms with Gasteiger partial charge < -0.3 is 9.73 Å². The zero-order valence-electron chi connectivity index (χ0n) is 11.1. The van der Waals surface area contributed by atoms with Gasteiger partial charge in [0.15, 0.2) is 0 Å². The Balaban J connectivity index is 1.67. The van der Waals surface area contributed by atoms with Crippen molar-refractivity contribution in [3.05, 3.63) is 59.5 Å². The fourth-order valence-electron chi connectivity index (χ4n) is 2.65. The lowest BCUT2D eigenvalue weighted by atomic mass is 10.0. The van der Waals surface area contributed by atoms with Crippen LogP contribution in [0.3, 0.4) is 0 Å². The van der Waals surface area contributed by atoms with Crippen molar-refractivity contribution >= 4 is 11.8 Å². The minimum atomic E-state index is 0.419. The van der Waals surface area contributed by atoms with E-state index in [1.54, 1.807) is 6.26 Å². The summed E-state index contributed by atoms with van der Waals surface area (Å²) < 4.78 is 5.42. The van der Waals surface area contributed by atoms with Crippen LogP contribution in [0.2, 0.25) is 0 Å². The Bertz CT molecular complexity index is 523. The maximum atomic E-state index is 5.42. The Labute approximate surface area is 118 Å². The molecule has 1 aromatic carbocycles. The first-order valence-electron chi connectivity index (χ1n) is 6.77. The zero-order valence-corrected chi connectivity index (χ0v) is 12.0. The quantitative estimate of drug-likeness (QED) is 0.917. The van der Waals surface area contributed by atoms with Crippen molar-refractivity contribution in [1.82, 2.24) is 5.32 Å². The topological polar surface area (TPSA) is 25.2 Å². The highest BCUT2D eigenvalue weighted by molar-refractivity contribution is 7.98. The van der Waals surface area contributed by atoms with E-state index < -0.39 is 0 Å². The van der Waals surface area contributed by atoms with Gasteiger partial charge in [0, 0.05) is 30.0 Å². The molecule has 0 bridgehead atoms. The van der Waals surface area contributed by atoms with E-state index in [0.29, 0.717) is 12.1 Å². The molecule has 0 radical (unpaired) electrons. The van der Waals surface area contributed by atoms with Crippen LogP contribution >= 0.6 is 11.8 Å². The van der Waals surface area contributed by atoms with Gasteiger partial charge in [-0.15, -0.1) is 0 Å². The summed E-state index contributed by atoms with van der Waals surface area (Å²) in [5.41, 5.74) is 2.94. The van der Waals surface area contributed by atoms with E-state index in [9.17, 15) is 0 Å². The monoisotopic (exact) mass is 273 g/mol. The van der Waals surface area contributed by atoms with E-state index in [0.717, 1.165) is 23.7 Å². The average Bonchev–Trinajstić information content (AvgIpc) is 2.92. The Morgan fingerprint density at radius 2 is 2.21 bits per heavy atom. The van der Waals surface area contributed by atoms with E-state index in [-0.39, 0.29) is 0 Å². The largest absolute Gasteiger partial charge is 0.469 e. The molecule has 2 unspecified atom stereocenters. The van der Waals surface area contributed by atoms with E-state index >= 15 is 0 Å². The molecule has 2 aromatic rings. The fourth-order valence-corrected chi connectivity index (χ4v) is 3.77. The summed E-state index contributed by atoms with van der Waals surface area (Å²) in [5, 5.41) is 3.73. The number of hydrogen-bond donors (Lipinski definition) is 1. The van der Waals surface area contributed by atoms with Crippen molar-refractivity contribution in [2.75, 3.05) is 5.75 Å². The molecule has 0 saturated heterocycles. The number of thioether (sulfide) groups is 1. The highest BCUT2D eigenvalue weighted by Gasteiger charge is 2.21. The van der Waals surface area contributed by atoms with Gasteiger partial charge in [-0.05, 0) is 30.2 Å². The lowest BCUT2D eigenvalue weighted by Crippen LogP contribution is -2.35. The Hall–Kier alpha value is -1.19. The van der Waals surface area contributed by atoms with E-state index in [2.05, 4.69) is 36.5 Å². The third-order valence-corrected chi connectivity index (χ3v) is 4.63. The fraction of sp³-hybridized carbons (Fsp3) is 0.375. The van der Waals surface area contributed by atoms with Crippen LogP contribution in [0.1, 0.15) is 29.9 Å². The summed E-state index contributed by atoms with van der Waals surface area (Å²) >= 11 is 2.01. The standard InChI is InChI=1S/C16H19NOS/c1-12(9-14-6-4-8-18-14)17-16-11-19-10-13-5-2-3-7-15(13)16/h2-8,12,16-17H,9-11H2,1H3. The van der Waals surface area contributed by atoms with Gasteiger partial charge in [-0.3, -0.25) is 0 Å². The van der Waals surface area contributed by atoms with Gasteiger partial charge in [0.1, 0.15) is 5.76 Å². The molecule has 19 heavy (non-hydrogen) atoms. The van der Waals surface area contributed by atoms with Crippen LogP contribution in [0.5, 0.6) is 0 Å². The van der Waals surface area contributed by atoms with Gasteiger partial charge in [0.25, 0.3) is 0 Å². The highest BCUT2D eigenvalue weighted by Crippen LogP contribution is 2.31. The van der Waals surface area contributed by atoms with Crippen molar-refractivity contribution in [1.29, 1.82) is 0 Å². The van der Waals surface area contributed by atoms with Crippen LogP contribution in [-0.2, 0) is 12.2 Å². The lowest BCUT2D eigenvalue weighted by Gasteiger charge is -2.28. The van der Waals surface area contributed by atoms with Crippen LogP contribution in [-0.4, -0.2) is 11.8 Å². The van der Waals surface area contributed by atoms with Gasteiger partial charge in [-0.25, -0.2) is 0 Å². The second kappa shape index (κ2) is 5.85. The Morgan fingerprint density at radius 3 is 3.05 bits per heavy atom. The second-order valence-electron chi connectivity index (χ2n) is 5.12. The SMILES string of the molecule is CC(Cc1ccco1)NC1CSCc2ccccc21. The van der Waals surface area contributed by atoms with E-state index in [4.69, 9.17) is 4.42 Å². The number of nitrogens with one attached hydrogen (secondary N) is 1. The minimum absolute atomic E-state index is 0.419. The molecule has 100 valence electrons. The van der Waals surface area contributed by atoms with Crippen molar-refractivity contribution < 1.29 is 4.42 Å². The molecule has 0 aliphatic carbocycles. The van der Waals surface area contributed by atoms with Crippen molar-refractivity contribution in [2.24, 2.45) is 0 Å². The molecule has 0 amide bonds. The smallest absolute Gasteiger partial charge is 0.105 e. The number of fused-ring (bicyclic) bond motifs is 1. The first-order valence-corrected chi connectivity index (χ1v) is 7.92. The second-order valence-corrected chi connectivity index (χ2v) is 6.15. The summed E-state index contributed by atoms with van der Waals surface area (Å²) in [7, 11) is 0. The summed E-state index contributed by atoms with van der Waals surface area (Å²) in [5.74, 6) is 3.34. The predicted molar refractivity (Wildman–Crippen MR) is 80.4 cm³/mol. The molecular weight excluding hydrogens is 254 g/mol. The van der Waals surface area contributed by atoms with Gasteiger partial charge in [-0.2, -0.15) is 11.8 Å². The summed E-state index contributed by atoms with van der Waals surface area (Å²) in [4.78, 5) is 0. The average molecular weight is 273 g/mol. The van der Waals surface area contributed by atoms with Gasteiger partial charge in [-0.1, -0.05) is 24.3 Å². The molecule has 0 fully saturated rings. The molecule has 0 spiro atoms. The van der Waals surface area contributed by atoms with Crippen LogP contribution in [0.15, 0.2) is 47.1 Å². The maximum absolute atomic E-state index is 5.42. The molecule has 2 heterocycles. The molecule has 1 aliphatic heterocycles. The summed E-state index contributed by atoms with van der Waals surface area (Å²) in [6.45, 7) is 2.23. The molecule has 1 aromatic heterocycles. The molecule has 0 saturated carbocycles. The number of benzene rings is 1. The zero-order chi connectivity index (χ0) is 13.1. The molecular formula is C16H19NOS. The molecule has 1 N–H and O–H groups in total. The molecule has 1 aliphatic rings. The van der Waals surface area contributed by atoms with Crippen molar-refractivity contribution in [3.8, 4) is 0 Å². The van der Waals surface area contributed by atoms with E-state index in [1.165, 1.54) is 11.1 Å². The van der Waals surface area contributed by atoms with Crippen LogP contribution < -0.4 is 5.32 Å². The van der Waals surface area contributed by atoms with Crippen LogP contribution in [0.25, 0.3) is 0 Å². The minimum Gasteiger partial charge on any atom is -0.469 e. The van der Waals surface area contributed by atoms with Gasteiger partial charge in [0.05, 0.1) is 6.26 Å². The van der Waals surface area contributed by atoms with E-state index in [1.807, 2.05) is 23.9 Å². The Kier molecular flexibility index (Phi) is 3.95. The third-order valence-electron chi connectivity index (χ3n) is 3.55. The first kappa shape index (κ1) is 12.8. The molecule has 3 rings (SSSR count). The van der Waals surface area contributed by atoms with Gasteiger partial charge in [0.2, 0.25) is 0 Å². The molecule has 2 atom stereocenters. The lowest BCUT2D eigenvalue weighted by molar-refractivity contribution is 0.429. The van der Waals surface area contributed by atoms with Gasteiger partial charge >= 0.3 is 0 Å². The summed E-state index contributed by atoms with van der Waals surface area (Å²) in [6, 6.07) is 13.6. The number of hydrogen-bond acceptors (Lipinski definition) is 3. The Morgan fingerprint density at radius 1 is 1.32 bits per heavy atom. The normalized spacial score (nSPS) is 19.9. The summed E-state index contributed by atoms with van der Waals surface area (Å²) in [6.07, 6.45) is 2.68. The number of furan rings is 1. The molecule has 3 heteroatoms. The van der Waals surface area contributed by atoms with Crippen LogP contribution in [0.4, 0.5) is 0 Å². The third kappa shape index (κ3) is 3.04. The predicted octanol–water partition coefficient (Wildman–Crippen LogP) is 3.79. The first-order chi connectivity index (χ1) is 9.33. The van der Waals surface area contributed by atoms with Crippen LogP contribution in [0, 0.1) is 0 Å². The van der Waals surface area contributed by atoms with Crippen molar-refractivity contribution in [2.45, 2.75) is 31.2 Å². The molecule has 2 nitrogen and oxygen atoms in total. The number of rotatable bonds is 4. The van der Waals surface area contributed by atoms with Crippen molar-refractivity contribution in [3.63, 3.8) is 0 Å².